The van der Waals surface area contributed by atoms with Gasteiger partial charge in [-0.3, -0.25) is 4.79 Å². The quantitative estimate of drug-likeness (QED) is 0.528. The molecule has 0 spiro atoms. The molecule has 0 fully saturated rings. The van der Waals surface area contributed by atoms with Crippen LogP contribution < -0.4 is 16.0 Å². The van der Waals surface area contributed by atoms with Crippen molar-refractivity contribution in [3.63, 3.8) is 0 Å². The number of nitrogens with one attached hydrogen (secondary N) is 3. The summed E-state index contributed by atoms with van der Waals surface area (Å²) in [7, 11) is 0. The lowest BCUT2D eigenvalue weighted by Gasteiger charge is -2.15. The number of benzene rings is 2. The number of furan rings is 1. The second-order valence-corrected chi connectivity index (χ2v) is 6.61. The first-order valence-corrected chi connectivity index (χ1v) is 9.06. The van der Waals surface area contributed by atoms with Crippen molar-refractivity contribution in [1.82, 2.24) is 5.32 Å². The summed E-state index contributed by atoms with van der Waals surface area (Å²) < 4.78 is 5.23. The molecule has 0 unspecified atom stereocenters. The van der Waals surface area contributed by atoms with Gasteiger partial charge in [-0.05, 0) is 61.1 Å². The van der Waals surface area contributed by atoms with Crippen molar-refractivity contribution < 1.29 is 9.21 Å². The van der Waals surface area contributed by atoms with Crippen LogP contribution in [0.3, 0.4) is 0 Å². The smallest absolute Gasteiger partial charge is 0.253 e. The molecule has 5 nitrogen and oxygen atoms in total. The van der Waals surface area contributed by atoms with E-state index in [2.05, 4.69) is 16.0 Å². The lowest BCUT2D eigenvalue weighted by molar-refractivity contribution is 0.0949. The Morgan fingerprint density at radius 1 is 1.04 bits per heavy atom. The van der Waals surface area contributed by atoms with Crippen molar-refractivity contribution in [2.45, 2.75) is 13.5 Å². The van der Waals surface area contributed by atoms with Crippen LogP contribution in [0.25, 0.3) is 0 Å². The molecule has 0 atom stereocenters. The van der Waals surface area contributed by atoms with Crippen molar-refractivity contribution in [2.75, 3.05) is 10.6 Å². The van der Waals surface area contributed by atoms with Gasteiger partial charge in [-0.25, -0.2) is 0 Å². The predicted molar refractivity (Wildman–Crippen MR) is 112 cm³/mol. The standard InChI is InChI=1S/C20H18ClN3O2S/c1-13-16(21)8-4-10-17(13)23-20(27)24-18-9-3-2-7-15(18)19(25)22-12-14-6-5-11-26-14/h2-11H,12H2,1H3,(H,22,25)(H2,23,24,27). The first kappa shape index (κ1) is 18.9. The fraction of sp³-hybridized carbons (Fsp3) is 0.100. The molecule has 0 aliphatic carbocycles. The summed E-state index contributed by atoms with van der Waals surface area (Å²) in [6.07, 6.45) is 1.57. The molecule has 3 aromatic rings. The van der Waals surface area contributed by atoms with Gasteiger partial charge in [0.2, 0.25) is 0 Å². The summed E-state index contributed by atoms with van der Waals surface area (Å²) in [5.74, 6) is 0.457. The average molecular weight is 400 g/mol. The molecular formula is C20H18ClN3O2S. The third-order valence-corrected chi connectivity index (χ3v) is 4.55. The van der Waals surface area contributed by atoms with Gasteiger partial charge in [0.15, 0.2) is 5.11 Å². The Balaban J connectivity index is 1.68. The van der Waals surface area contributed by atoms with E-state index in [4.69, 9.17) is 28.2 Å². The summed E-state index contributed by atoms with van der Waals surface area (Å²) in [6, 6.07) is 16.3. The Hall–Kier alpha value is -2.83. The normalized spacial score (nSPS) is 10.3. The SMILES string of the molecule is Cc1c(Cl)cccc1NC(=S)Nc1ccccc1C(=O)NCc1ccco1. The highest BCUT2D eigenvalue weighted by Gasteiger charge is 2.13. The number of carbonyl (C=O) groups is 1. The molecule has 7 heteroatoms. The van der Waals surface area contributed by atoms with Crippen LogP contribution in [0.15, 0.2) is 65.3 Å². The molecule has 0 aliphatic heterocycles. The minimum Gasteiger partial charge on any atom is -0.467 e. The van der Waals surface area contributed by atoms with Gasteiger partial charge in [0.25, 0.3) is 5.91 Å². The van der Waals surface area contributed by atoms with Gasteiger partial charge in [0.1, 0.15) is 5.76 Å². The fourth-order valence-electron chi connectivity index (χ4n) is 2.48. The zero-order valence-corrected chi connectivity index (χ0v) is 16.2. The Morgan fingerprint density at radius 3 is 2.56 bits per heavy atom. The van der Waals surface area contributed by atoms with Crippen LogP contribution in [-0.2, 0) is 6.54 Å². The Labute approximate surface area is 167 Å². The minimum absolute atomic E-state index is 0.226. The number of hydrogen-bond acceptors (Lipinski definition) is 3. The Bertz CT molecular complexity index is 958. The number of amides is 1. The van der Waals surface area contributed by atoms with Crippen LogP contribution in [0.1, 0.15) is 21.7 Å². The third-order valence-electron chi connectivity index (χ3n) is 3.94. The molecule has 1 amide bonds. The average Bonchev–Trinajstić information content (AvgIpc) is 3.17. The van der Waals surface area contributed by atoms with Crippen molar-refractivity contribution >= 4 is 46.2 Å². The predicted octanol–water partition coefficient (Wildman–Crippen LogP) is 4.98. The van der Waals surface area contributed by atoms with Gasteiger partial charge in [-0.2, -0.15) is 0 Å². The lowest BCUT2D eigenvalue weighted by atomic mass is 10.1. The molecule has 0 bridgehead atoms. The number of hydrogen-bond donors (Lipinski definition) is 3. The molecule has 3 N–H and O–H groups in total. The Morgan fingerprint density at radius 2 is 1.78 bits per heavy atom. The molecule has 2 aromatic carbocycles. The molecule has 3 rings (SSSR count). The maximum Gasteiger partial charge on any atom is 0.253 e. The number of para-hydroxylation sites is 1. The van der Waals surface area contributed by atoms with E-state index in [1.54, 1.807) is 36.6 Å². The fourth-order valence-corrected chi connectivity index (χ4v) is 2.88. The molecular weight excluding hydrogens is 382 g/mol. The molecule has 0 aliphatic rings. The number of rotatable bonds is 5. The van der Waals surface area contributed by atoms with Crippen molar-refractivity contribution in [3.05, 3.63) is 82.8 Å². The highest BCUT2D eigenvalue weighted by molar-refractivity contribution is 7.80. The highest BCUT2D eigenvalue weighted by atomic mass is 35.5. The lowest BCUT2D eigenvalue weighted by Crippen LogP contribution is -2.26. The van der Waals surface area contributed by atoms with Crippen LogP contribution >= 0.6 is 23.8 Å². The van der Waals surface area contributed by atoms with E-state index < -0.39 is 0 Å². The van der Waals surface area contributed by atoms with Crippen molar-refractivity contribution in [3.8, 4) is 0 Å². The second-order valence-electron chi connectivity index (χ2n) is 5.80. The minimum atomic E-state index is -0.226. The molecule has 0 saturated heterocycles. The number of anilines is 2. The summed E-state index contributed by atoms with van der Waals surface area (Å²) in [5, 5.41) is 10.0. The van der Waals surface area contributed by atoms with E-state index in [-0.39, 0.29) is 5.91 Å². The molecule has 0 saturated carbocycles. The maximum atomic E-state index is 12.5. The van der Waals surface area contributed by atoms with Gasteiger partial charge in [0.05, 0.1) is 24.1 Å². The van der Waals surface area contributed by atoms with E-state index >= 15 is 0 Å². The first-order valence-electron chi connectivity index (χ1n) is 8.27. The van der Waals surface area contributed by atoms with Crippen LogP contribution in [0.2, 0.25) is 5.02 Å². The summed E-state index contributed by atoms with van der Waals surface area (Å²) in [5.41, 5.74) is 2.79. The van der Waals surface area contributed by atoms with E-state index in [1.807, 2.05) is 31.2 Å². The van der Waals surface area contributed by atoms with Gasteiger partial charge in [-0.15, -0.1) is 0 Å². The molecule has 1 aromatic heterocycles. The third kappa shape index (κ3) is 4.87. The van der Waals surface area contributed by atoms with E-state index in [1.165, 1.54) is 0 Å². The zero-order chi connectivity index (χ0) is 19.2. The van der Waals surface area contributed by atoms with Gasteiger partial charge in [-0.1, -0.05) is 29.8 Å². The number of thiocarbonyl (C=S) groups is 1. The van der Waals surface area contributed by atoms with Crippen LogP contribution in [-0.4, -0.2) is 11.0 Å². The van der Waals surface area contributed by atoms with Crippen LogP contribution in [0, 0.1) is 6.92 Å². The number of carbonyl (C=O) groups excluding carboxylic acids is 1. The summed E-state index contributed by atoms with van der Waals surface area (Å²) in [4.78, 5) is 12.5. The van der Waals surface area contributed by atoms with Crippen molar-refractivity contribution in [2.24, 2.45) is 0 Å². The molecule has 1 heterocycles. The van der Waals surface area contributed by atoms with Crippen LogP contribution in [0.4, 0.5) is 11.4 Å². The molecule has 27 heavy (non-hydrogen) atoms. The molecule has 138 valence electrons. The largest absolute Gasteiger partial charge is 0.467 e. The van der Waals surface area contributed by atoms with Crippen LogP contribution in [0.5, 0.6) is 0 Å². The topological polar surface area (TPSA) is 66.3 Å². The van der Waals surface area contributed by atoms with E-state index in [9.17, 15) is 4.79 Å². The summed E-state index contributed by atoms with van der Waals surface area (Å²) >= 11 is 11.5. The maximum absolute atomic E-state index is 12.5. The monoisotopic (exact) mass is 399 g/mol. The number of halogens is 1. The van der Waals surface area contributed by atoms with E-state index in [0.29, 0.717) is 33.7 Å². The van der Waals surface area contributed by atoms with E-state index in [0.717, 1.165) is 11.3 Å². The molecule has 0 radical (unpaired) electrons. The van der Waals surface area contributed by atoms with Gasteiger partial charge in [0, 0.05) is 10.7 Å². The van der Waals surface area contributed by atoms with Gasteiger partial charge >= 0.3 is 0 Å². The Kier molecular flexibility index (Phi) is 6.11. The zero-order valence-electron chi connectivity index (χ0n) is 14.6. The second kappa shape index (κ2) is 8.70. The first-order chi connectivity index (χ1) is 13.0. The van der Waals surface area contributed by atoms with Crippen molar-refractivity contribution in [1.29, 1.82) is 0 Å². The highest BCUT2D eigenvalue weighted by Crippen LogP contribution is 2.23. The van der Waals surface area contributed by atoms with Gasteiger partial charge < -0.3 is 20.4 Å². The summed E-state index contributed by atoms with van der Waals surface area (Å²) in [6.45, 7) is 2.22.